The molecule has 0 amide bonds. The van der Waals surface area contributed by atoms with Gasteiger partial charge in [-0.05, 0) is 38.1 Å². The molecule has 1 unspecified atom stereocenters. The SMILES string of the molecule is CCOC(C)COc1ccc(Br)cc1. The third-order valence-corrected chi connectivity index (χ3v) is 2.28. The molecular formula is C11H15BrO2. The predicted molar refractivity (Wildman–Crippen MR) is 60.7 cm³/mol. The van der Waals surface area contributed by atoms with Crippen LogP contribution < -0.4 is 4.74 Å². The maximum atomic E-state index is 5.53. The van der Waals surface area contributed by atoms with Gasteiger partial charge >= 0.3 is 0 Å². The highest BCUT2D eigenvalue weighted by Crippen LogP contribution is 2.16. The minimum atomic E-state index is 0.142. The van der Waals surface area contributed by atoms with Gasteiger partial charge in [0.05, 0.1) is 6.10 Å². The summed E-state index contributed by atoms with van der Waals surface area (Å²) in [5.41, 5.74) is 0. The van der Waals surface area contributed by atoms with E-state index in [0.29, 0.717) is 6.61 Å². The van der Waals surface area contributed by atoms with Crippen LogP contribution in [0.5, 0.6) is 5.75 Å². The van der Waals surface area contributed by atoms with Crippen LogP contribution in [0, 0.1) is 0 Å². The van der Waals surface area contributed by atoms with E-state index >= 15 is 0 Å². The summed E-state index contributed by atoms with van der Waals surface area (Å²) >= 11 is 3.37. The highest BCUT2D eigenvalue weighted by atomic mass is 79.9. The van der Waals surface area contributed by atoms with E-state index in [1.54, 1.807) is 0 Å². The minimum absolute atomic E-state index is 0.142. The summed E-state index contributed by atoms with van der Waals surface area (Å²) in [6.07, 6.45) is 0.142. The monoisotopic (exact) mass is 258 g/mol. The van der Waals surface area contributed by atoms with Gasteiger partial charge in [-0.3, -0.25) is 0 Å². The van der Waals surface area contributed by atoms with E-state index in [4.69, 9.17) is 9.47 Å². The van der Waals surface area contributed by atoms with Gasteiger partial charge < -0.3 is 9.47 Å². The highest BCUT2D eigenvalue weighted by molar-refractivity contribution is 9.10. The van der Waals surface area contributed by atoms with Crippen molar-refractivity contribution in [3.05, 3.63) is 28.7 Å². The van der Waals surface area contributed by atoms with Crippen molar-refractivity contribution in [1.82, 2.24) is 0 Å². The predicted octanol–water partition coefficient (Wildman–Crippen LogP) is 3.25. The number of rotatable bonds is 5. The number of hydrogen-bond acceptors (Lipinski definition) is 2. The summed E-state index contributed by atoms with van der Waals surface area (Å²) in [6.45, 7) is 5.30. The Kier molecular flexibility index (Phi) is 4.98. The average Bonchev–Trinajstić information content (AvgIpc) is 2.17. The van der Waals surface area contributed by atoms with Gasteiger partial charge in [0.2, 0.25) is 0 Å². The van der Waals surface area contributed by atoms with Crippen molar-refractivity contribution >= 4 is 15.9 Å². The van der Waals surface area contributed by atoms with Crippen LogP contribution in [0.25, 0.3) is 0 Å². The van der Waals surface area contributed by atoms with Crippen molar-refractivity contribution in [2.45, 2.75) is 20.0 Å². The first kappa shape index (κ1) is 11.5. The first-order valence-corrected chi connectivity index (χ1v) is 5.51. The van der Waals surface area contributed by atoms with Crippen molar-refractivity contribution in [3.8, 4) is 5.75 Å². The number of hydrogen-bond donors (Lipinski definition) is 0. The Hall–Kier alpha value is -0.540. The van der Waals surface area contributed by atoms with Gasteiger partial charge in [-0.2, -0.15) is 0 Å². The van der Waals surface area contributed by atoms with Gasteiger partial charge in [-0.1, -0.05) is 15.9 Å². The molecule has 0 heterocycles. The zero-order valence-corrected chi connectivity index (χ0v) is 10.1. The molecule has 0 radical (unpaired) electrons. The molecule has 0 spiro atoms. The van der Waals surface area contributed by atoms with Crippen molar-refractivity contribution in [3.63, 3.8) is 0 Å². The molecule has 0 aliphatic carbocycles. The smallest absolute Gasteiger partial charge is 0.119 e. The average molecular weight is 259 g/mol. The Morgan fingerprint density at radius 2 is 1.93 bits per heavy atom. The fraction of sp³-hybridized carbons (Fsp3) is 0.455. The number of halogens is 1. The fourth-order valence-electron chi connectivity index (χ4n) is 1.08. The Morgan fingerprint density at radius 3 is 2.50 bits per heavy atom. The van der Waals surface area contributed by atoms with E-state index in [-0.39, 0.29) is 6.10 Å². The molecule has 1 aromatic carbocycles. The van der Waals surface area contributed by atoms with Gasteiger partial charge in [0, 0.05) is 11.1 Å². The molecule has 0 fully saturated rings. The lowest BCUT2D eigenvalue weighted by Gasteiger charge is -2.12. The van der Waals surface area contributed by atoms with Crippen molar-refractivity contribution in [2.75, 3.05) is 13.2 Å². The maximum absolute atomic E-state index is 5.53. The van der Waals surface area contributed by atoms with Gasteiger partial charge in [0.15, 0.2) is 0 Å². The van der Waals surface area contributed by atoms with Crippen molar-refractivity contribution in [1.29, 1.82) is 0 Å². The molecule has 1 atom stereocenters. The van der Waals surface area contributed by atoms with Crippen LogP contribution in [0.15, 0.2) is 28.7 Å². The maximum Gasteiger partial charge on any atom is 0.119 e. The molecule has 1 aromatic rings. The van der Waals surface area contributed by atoms with E-state index in [2.05, 4.69) is 15.9 Å². The Bertz CT molecular complexity index is 258. The fourth-order valence-corrected chi connectivity index (χ4v) is 1.34. The van der Waals surface area contributed by atoms with E-state index in [9.17, 15) is 0 Å². The van der Waals surface area contributed by atoms with Crippen LogP contribution in [0.1, 0.15) is 13.8 Å². The zero-order chi connectivity index (χ0) is 10.4. The molecule has 0 N–H and O–H groups in total. The van der Waals surface area contributed by atoms with Gasteiger partial charge in [0.25, 0.3) is 0 Å². The number of benzene rings is 1. The van der Waals surface area contributed by atoms with Gasteiger partial charge in [-0.25, -0.2) is 0 Å². The highest BCUT2D eigenvalue weighted by Gasteiger charge is 2.01. The summed E-state index contributed by atoms with van der Waals surface area (Å²) < 4.78 is 11.9. The lowest BCUT2D eigenvalue weighted by atomic mass is 10.3. The first-order valence-electron chi connectivity index (χ1n) is 4.72. The van der Waals surface area contributed by atoms with Crippen LogP contribution in [0.3, 0.4) is 0 Å². The summed E-state index contributed by atoms with van der Waals surface area (Å²) in [6, 6.07) is 7.78. The molecule has 0 aromatic heterocycles. The zero-order valence-electron chi connectivity index (χ0n) is 8.50. The summed E-state index contributed by atoms with van der Waals surface area (Å²) in [5.74, 6) is 0.875. The van der Waals surface area contributed by atoms with E-state index in [1.165, 1.54) is 0 Å². The van der Waals surface area contributed by atoms with E-state index < -0.39 is 0 Å². The molecule has 0 aliphatic heterocycles. The Balaban J connectivity index is 2.34. The minimum Gasteiger partial charge on any atom is -0.491 e. The number of ether oxygens (including phenoxy) is 2. The lowest BCUT2D eigenvalue weighted by Crippen LogP contribution is -2.17. The normalized spacial score (nSPS) is 12.5. The summed E-state index contributed by atoms with van der Waals surface area (Å²) in [7, 11) is 0. The van der Waals surface area contributed by atoms with Crippen LogP contribution in [-0.2, 0) is 4.74 Å². The molecular weight excluding hydrogens is 244 g/mol. The lowest BCUT2D eigenvalue weighted by molar-refractivity contribution is 0.0402. The molecule has 3 heteroatoms. The molecule has 0 aliphatic rings. The summed E-state index contributed by atoms with van der Waals surface area (Å²) in [4.78, 5) is 0. The van der Waals surface area contributed by atoms with Gasteiger partial charge in [-0.15, -0.1) is 0 Å². The second-order valence-electron chi connectivity index (χ2n) is 3.03. The second kappa shape index (κ2) is 6.04. The van der Waals surface area contributed by atoms with Crippen LogP contribution in [0.2, 0.25) is 0 Å². The molecule has 2 nitrogen and oxygen atoms in total. The quantitative estimate of drug-likeness (QED) is 0.808. The largest absolute Gasteiger partial charge is 0.491 e. The first-order chi connectivity index (χ1) is 6.72. The summed E-state index contributed by atoms with van der Waals surface area (Å²) in [5, 5.41) is 0. The second-order valence-corrected chi connectivity index (χ2v) is 3.95. The van der Waals surface area contributed by atoms with Crippen molar-refractivity contribution in [2.24, 2.45) is 0 Å². The third-order valence-electron chi connectivity index (χ3n) is 1.75. The standard InChI is InChI=1S/C11H15BrO2/c1-3-13-9(2)8-14-11-6-4-10(12)5-7-11/h4-7,9H,3,8H2,1-2H3. The van der Waals surface area contributed by atoms with Gasteiger partial charge in [0.1, 0.15) is 12.4 Å². The molecule has 14 heavy (non-hydrogen) atoms. The van der Waals surface area contributed by atoms with Crippen molar-refractivity contribution < 1.29 is 9.47 Å². The van der Waals surface area contributed by atoms with Crippen LogP contribution in [-0.4, -0.2) is 19.3 Å². The third kappa shape index (κ3) is 4.11. The Morgan fingerprint density at radius 1 is 1.29 bits per heavy atom. The van der Waals surface area contributed by atoms with E-state index in [1.807, 2.05) is 38.1 Å². The molecule has 78 valence electrons. The van der Waals surface area contributed by atoms with Crippen LogP contribution in [0.4, 0.5) is 0 Å². The molecule has 1 rings (SSSR count). The molecule has 0 bridgehead atoms. The molecule has 0 saturated heterocycles. The molecule has 0 saturated carbocycles. The topological polar surface area (TPSA) is 18.5 Å². The van der Waals surface area contributed by atoms with E-state index in [0.717, 1.165) is 16.8 Å². The Labute approximate surface area is 93.4 Å². The van der Waals surface area contributed by atoms with Crippen LogP contribution >= 0.6 is 15.9 Å².